The molecule has 0 radical (unpaired) electrons. The fourth-order valence-electron chi connectivity index (χ4n) is 1.12. The number of nitrogens with one attached hydrogen (secondary N) is 1. The smallest absolute Gasteiger partial charge is 0.254 e. The van der Waals surface area contributed by atoms with Crippen LogP contribution in [0.4, 0.5) is 0 Å². The van der Waals surface area contributed by atoms with Crippen molar-refractivity contribution in [1.29, 1.82) is 0 Å². The van der Waals surface area contributed by atoms with Crippen molar-refractivity contribution in [3.63, 3.8) is 0 Å². The van der Waals surface area contributed by atoms with Crippen molar-refractivity contribution >= 4 is 33.4 Å². The van der Waals surface area contributed by atoms with Crippen molar-refractivity contribution in [3.05, 3.63) is 27.5 Å². The third-order valence-corrected chi connectivity index (χ3v) is 2.83. The van der Waals surface area contributed by atoms with Gasteiger partial charge in [-0.3, -0.25) is 4.79 Å². The summed E-state index contributed by atoms with van der Waals surface area (Å²) in [5.41, 5.74) is 0.294. The predicted molar refractivity (Wildman–Crippen MR) is 65.6 cm³/mol. The van der Waals surface area contributed by atoms with Crippen molar-refractivity contribution in [2.24, 2.45) is 0 Å². The zero-order valence-corrected chi connectivity index (χ0v) is 11.0. The molecule has 0 saturated heterocycles. The van der Waals surface area contributed by atoms with Gasteiger partial charge in [0.15, 0.2) is 0 Å². The first-order valence-electron chi connectivity index (χ1n) is 4.81. The minimum Gasteiger partial charge on any atom is -0.394 e. The maximum atomic E-state index is 11.8. The first kappa shape index (κ1) is 13.4. The van der Waals surface area contributed by atoms with E-state index in [-0.39, 0.29) is 23.7 Å². The van der Waals surface area contributed by atoms with Crippen LogP contribution in [0.3, 0.4) is 0 Å². The van der Waals surface area contributed by atoms with Crippen LogP contribution in [0.25, 0.3) is 0 Å². The summed E-state index contributed by atoms with van der Waals surface area (Å²) < 4.78 is 0.680. The molecule has 6 heteroatoms. The van der Waals surface area contributed by atoms with Crippen molar-refractivity contribution in [2.75, 3.05) is 6.61 Å². The lowest BCUT2D eigenvalue weighted by Gasteiger charge is -2.14. The van der Waals surface area contributed by atoms with Crippen LogP contribution >= 0.6 is 27.5 Å². The fourth-order valence-corrected chi connectivity index (χ4v) is 1.64. The highest BCUT2D eigenvalue weighted by Gasteiger charge is 2.15. The molecule has 0 aliphatic carbocycles. The Balaban J connectivity index is 2.83. The van der Waals surface area contributed by atoms with Crippen molar-refractivity contribution in [2.45, 2.75) is 19.4 Å². The summed E-state index contributed by atoms with van der Waals surface area (Å²) >= 11 is 9.02. The van der Waals surface area contributed by atoms with Crippen LogP contribution in [0.2, 0.25) is 5.15 Å². The molecule has 4 nitrogen and oxygen atoms in total. The molecule has 1 heterocycles. The zero-order chi connectivity index (χ0) is 12.1. The summed E-state index contributed by atoms with van der Waals surface area (Å²) in [6, 6.07) is 1.33. The van der Waals surface area contributed by atoms with Crippen molar-refractivity contribution in [1.82, 2.24) is 10.3 Å². The Hall–Kier alpha value is -0.650. The van der Waals surface area contributed by atoms with E-state index in [1.54, 1.807) is 6.07 Å². The Kier molecular flexibility index (Phi) is 5.18. The molecule has 0 aliphatic rings. The minimum atomic E-state index is -0.334. The lowest BCUT2D eigenvalue weighted by Crippen LogP contribution is -2.37. The molecular weight excluding hydrogens is 295 g/mol. The Morgan fingerprint density at radius 3 is 3.00 bits per heavy atom. The number of pyridine rings is 1. The number of carbonyl (C=O) groups is 1. The summed E-state index contributed by atoms with van der Waals surface area (Å²) in [7, 11) is 0. The molecular formula is C10H12BrClN2O2. The number of hydrogen-bond acceptors (Lipinski definition) is 3. The first-order chi connectivity index (χ1) is 7.58. The van der Waals surface area contributed by atoms with Gasteiger partial charge in [-0.15, -0.1) is 0 Å². The van der Waals surface area contributed by atoms with Gasteiger partial charge in [0.2, 0.25) is 0 Å². The second-order valence-corrected chi connectivity index (χ2v) is 4.53. The number of aromatic nitrogens is 1. The molecule has 0 spiro atoms. The summed E-state index contributed by atoms with van der Waals surface area (Å²) in [4.78, 5) is 15.6. The number of rotatable bonds is 4. The van der Waals surface area contributed by atoms with Crippen LogP contribution in [0.15, 0.2) is 16.7 Å². The Morgan fingerprint density at radius 2 is 2.44 bits per heavy atom. The highest BCUT2D eigenvalue weighted by Crippen LogP contribution is 2.18. The second-order valence-electron chi connectivity index (χ2n) is 3.25. The monoisotopic (exact) mass is 306 g/mol. The number of aliphatic hydroxyl groups is 1. The Labute approximate surface area is 107 Å². The van der Waals surface area contributed by atoms with Crippen LogP contribution < -0.4 is 5.32 Å². The second kappa shape index (κ2) is 6.18. The Morgan fingerprint density at radius 1 is 1.75 bits per heavy atom. The van der Waals surface area contributed by atoms with Gasteiger partial charge in [-0.25, -0.2) is 4.98 Å². The summed E-state index contributed by atoms with van der Waals surface area (Å²) in [5, 5.41) is 11.8. The van der Waals surface area contributed by atoms with Gasteiger partial charge in [0.25, 0.3) is 5.91 Å². The molecule has 0 unspecified atom stereocenters. The SMILES string of the molecule is CC[C@H](CO)NC(=O)c1cc(Br)cnc1Cl. The molecule has 0 saturated carbocycles. The molecule has 0 aliphatic heterocycles. The lowest BCUT2D eigenvalue weighted by atomic mass is 10.2. The minimum absolute atomic E-state index is 0.0959. The van der Waals surface area contributed by atoms with Crippen LogP contribution in [0.5, 0.6) is 0 Å². The molecule has 88 valence electrons. The molecule has 1 rings (SSSR count). The normalized spacial score (nSPS) is 12.2. The maximum absolute atomic E-state index is 11.8. The molecule has 2 N–H and O–H groups in total. The van der Waals surface area contributed by atoms with Crippen LogP contribution in [-0.4, -0.2) is 28.6 Å². The van der Waals surface area contributed by atoms with Crippen molar-refractivity contribution < 1.29 is 9.90 Å². The lowest BCUT2D eigenvalue weighted by molar-refractivity contribution is 0.0914. The van der Waals surface area contributed by atoms with E-state index in [4.69, 9.17) is 16.7 Å². The van der Waals surface area contributed by atoms with Gasteiger partial charge in [-0.2, -0.15) is 0 Å². The molecule has 1 aromatic heterocycles. The van der Waals surface area contributed by atoms with Gasteiger partial charge in [0, 0.05) is 10.7 Å². The zero-order valence-electron chi connectivity index (χ0n) is 8.70. The standard InChI is InChI=1S/C10H12BrClN2O2/c1-2-7(5-15)14-10(16)8-3-6(11)4-13-9(8)12/h3-4,7,15H,2,5H2,1H3,(H,14,16)/t7-/m1/s1. The molecule has 1 amide bonds. The van der Waals surface area contributed by atoms with E-state index in [1.165, 1.54) is 6.20 Å². The molecule has 0 bridgehead atoms. The number of carbonyl (C=O) groups excluding carboxylic acids is 1. The molecule has 16 heavy (non-hydrogen) atoms. The fraction of sp³-hybridized carbons (Fsp3) is 0.400. The van der Waals surface area contributed by atoms with Gasteiger partial charge in [0.1, 0.15) is 5.15 Å². The number of amides is 1. The van der Waals surface area contributed by atoms with E-state index in [2.05, 4.69) is 26.2 Å². The highest BCUT2D eigenvalue weighted by molar-refractivity contribution is 9.10. The molecule has 0 aromatic carbocycles. The van der Waals surface area contributed by atoms with Crippen LogP contribution in [0.1, 0.15) is 23.7 Å². The Bertz CT molecular complexity index is 383. The number of aliphatic hydroxyl groups excluding tert-OH is 1. The number of nitrogens with zero attached hydrogens (tertiary/aromatic N) is 1. The summed E-state index contributed by atoms with van der Waals surface area (Å²) in [6.07, 6.45) is 2.17. The molecule has 1 aromatic rings. The van der Waals surface area contributed by atoms with E-state index >= 15 is 0 Å². The van der Waals surface area contributed by atoms with Crippen molar-refractivity contribution in [3.8, 4) is 0 Å². The quantitative estimate of drug-likeness (QED) is 0.836. The molecule has 1 atom stereocenters. The average Bonchev–Trinajstić information content (AvgIpc) is 2.28. The summed E-state index contributed by atoms with van der Waals surface area (Å²) in [5.74, 6) is -0.334. The predicted octanol–water partition coefficient (Wildman–Crippen LogP) is 2.00. The largest absolute Gasteiger partial charge is 0.394 e. The van der Waals surface area contributed by atoms with E-state index in [9.17, 15) is 4.79 Å². The van der Waals surface area contributed by atoms with Gasteiger partial charge in [-0.05, 0) is 28.4 Å². The van der Waals surface area contributed by atoms with E-state index in [0.29, 0.717) is 16.5 Å². The number of hydrogen-bond donors (Lipinski definition) is 2. The van der Waals surface area contributed by atoms with Gasteiger partial charge < -0.3 is 10.4 Å². The highest BCUT2D eigenvalue weighted by atomic mass is 79.9. The van der Waals surface area contributed by atoms with E-state index in [1.807, 2.05) is 6.92 Å². The maximum Gasteiger partial charge on any atom is 0.254 e. The average molecular weight is 308 g/mol. The summed E-state index contributed by atoms with van der Waals surface area (Å²) in [6.45, 7) is 1.78. The first-order valence-corrected chi connectivity index (χ1v) is 5.98. The van der Waals surface area contributed by atoms with Gasteiger partial charge in [0.05, 0.1) is 18.2 Å². The van der Waals surface area contributed by atoms with E-state index < -0.39 is 0 Å². The topological polar surface area (TPSA) is 62.2 Å². The van der Waals surface area contributed by atoms with Gasteiger partial charge >= 0.3 is 0 Å². The van der Waals surface area contributed by atoms with Crippen LogP contribution in [-0.2, 0) is 0 Å². The van der Waals surface area contributed by atoms with Gasteiger partial charge in [-0.1, -0.05) is 18.5 Å². The van der Waals surface area contributed by atoms with E-state index in [0.717, 1.165) is 0 Å². The third kappa shape index (κ3) is 3.43. The van der Waals surface area contributed by atoms with Crippen LogP contribution in [0, 0.1) is 0 Å². The molecule has 0 fully saturated rings. The number of halogens is 2. The third-order valence-electron chi connectivity index (χ3n) is 2.10.